The number of piperazine rings is 1. The first-order valence-corrected chi connectivity index (χ1v) is 13.2. The van der Waals surface area contributed by atoms with Gasteiger partial charge < -0.3 is 14.6 Å². The van der Waals surface area contributed by atoms with E-state index in [0.717, 1.165) is 44.2 Å². The van der Waals surface area contributed by atoms with Crippen molar-refractivity contribution in [3.63, 3.8) is 0 Å². The molecule has 1 saturated heterocycles. The van der Waals surface area contributed by atoms with Crippen molar-refractivity contribution in [2.24, 2.45) is 0 Å². The van der Waals surface area contributed by atoms with E-state index in [-0.39, 0.29) is 17.5 Å². The first-order chi connectivity index (χ1) is 18.0. The number of amides is 1. The lowest BCUT2D eigenvalue weighted by Crippen LogP contribution is -2.46. The van der Waals surface area contributed by atoms with Crippen LogP contribution in [0, 0.1) is 12.7 Å². The molecule has 0 radical (unpaired) electrons. The molecule has 0 aliphatic carbocycles. The Kier molecular flexibility index (Phi) is 7.82. The molecule has 7 nitrogen and oxygen atoms in total. The van der Waals surface area contributed by atoms with Crippen molar-refractivity contribution in [1.29, 1.82) is 0 Å². The number of furan rings is 1. The minimum Gasteiger partial charge on any atom is -0.455 e. The lowest BCUT2D eigenvalue weighted by molar-refractivity contribution is 0.0995. The monoisotopic (exact) mass is 517 g/mol. The van der Waals surface area contributed by atoms with E-state index in [1.807, 2.05) is 19.1 Å². The number of hydrogen-bond donors (Lipinski definition) is 1. The van der Waals surface area contributed by atoms with Gasteiger partial charge >= 0.3 is 0 Å². The summed E-state index contributed by atoms with van der Waals surface area (Å²) in [6.45, 7) is 6.73. The molecular weight excluding hydrogens is 489 g/mol. The summed E-state index contributed by atoms with van der Waals surface area (Å²) in [5, 5.41) is 3.38. The summed E-state index contributed by atoms with van der Waals surface area (Å²) < 4.78 is 18.8. The summed E-state index contributed by atoms with van der Waals surface area (Å²) in [7, 11) is 0. The number of nitrogens with zero attached hydrogens (tertiary/aromatic N) is 4. The minimum absolute atomic E-state index is 0.194. The number of carbonyl (C=O) groups excluding carboxylic acids is 1. The highest BCUT2D eigenvalue weighted by Gasteiger charge is 2.19. The molecule has 9 heteroatoms. The average molecular weight is 518 g/mol. The van der Waals surface area contributed by atoms with Crippen LogP contribution in [0.2, 0.25) is 0 Å². The predicted octanol–water partition coefficient (Wildman–Crippen LogP) is 5.38. The number of rotatable bonds is 8. The van der Waals surface area contributed by atoms with Crippen LogP contribution in [0.25, 0.3) is 0 Å². The fraction of sp³-hybridized carbons (Fsp3) is 0.250. The van der Waals surface area contributed by atoms with E-state index in [1.165, 1.54) is 41.6 Å². The maximum atomic E-state index is 13.1. The first kappa shape index (κ1) is 25.0. The van der Waals surface area contributed by atoms with Gasteiger partial charge in [-0.2, -0.15) is 0 Å². The number of nitrogens with one attached hydrogen (secondary N) is 1. The lowest BCUT2D eigenvalue weighted by Gasteiger charge is -2.35. The Morgan fingerprint density at radius 2 is 1.76 bits per heavy atom. The van der Waals surface area contributed by atoms with Crippen LogP contribution in [0.3, 0.4) is 0 Å². The van der Waals surface area contributed by atoms with Crippen LogP contribution in [-0.2, 0) is 12.3 Å². The standard InChI is InChI=1S/C28H28FN5O2S/c1-20-17-26(34-15-13-33(14-16-34)18-21-5-3-2-4-6-21)32-28(30-20)37-19-24-11-12-25(36-24)27(35)31-23-9-7-22(29)8-10-23/h2-12,17H,13-16,18-19H2,1H3,(H,31,35). The van der Waals surface area contributed by atoms with Gasteiger partial charge in [-0.05, 0) is 48.9 Å². The third-order valence-electron chi connectivity index (χ3n) is 6.10. The normalized spacial score (nSPS) is 14.1. The molecule has 1 fully saturated rings. The van der Waals surface area contributed by atoms with Gasteiger partial charge in [0.25, 0.3) is 5.91 Å². The Morgan fingerprint density at radius 1 is 1.00 bits per heavy atom. The highest BCUT2D eigenvalue weighted by molar-refractivity contribution is 7.98. The van der Waals surface area contributed by atoms with E-state index in [4.69, 9.17) is 9.40 Å². The third-order valence-corrected chi connectivity index (χ3v) is 6.97. The Morgan fingerprint density at radius 3 is 2.51 bits per heavy atom. The van der Waals surface area contributed by atoms with Crippen molar-refractivity contribution >= 4 is 29.2 Å². The average Bonchev–Trinajstić information content (AvgIpc) is 3.39. The first-order valence-electron chi connectivity index (χ1n) is 12.2. The van der Waals surface area contributed by atoms with Crippen LogP contribution in [0.1, 0.15) is 27.6 Å². The molecule has 190 valence electrons. The Bertz CT molecular complexity index is 1340. The van der Waals surface area contributed by atoms with Gasteiger partial charge in [-0.25, -0.2) is 14.4 Å². The molecule has 5 rings (SSSR count). The fourth-order valence-electron chi connectivity index (χ4n) is 4.17. The maximum absolute atomic E-state index is 13.1. The number of benzene rings is 2. The van der Waals surface area contributed by atoms with Gasteiger partial charge in [0.2, 0.25) is 0 Å². The number of carbonyl (C=O) groups is 1. The van der Waals surface area contributed by atoms with E-state index in [0.29, 0.717) is 22.4 Å². The van der Waals surface area contributed by atoms with Crippen LogP contribution in [0.5, 0.6) is 0 Å². The number of halogens is 1. The summed E-state index contributed by atoms with van der Waals surface area (Å²) >= 11 is 1.47. The highest BCUT2D eigenvalue weighted by Crippen LogP contribution is 2.25. The molecule has 1 amide bonds. The molecule has 37 heavy (non-hydrogen) atoms. The molecule has 0 unspecified atom stereocenters. The number of thioether (sulfide) groups is 1. The smallest absolute Gasteiger partial charge is 0.291 e. The zero-order valence-electron chi connectivity index (χ0n) is 20.6. The second-order valence-electron chi connectivity index (χ2n) is 8.91. The van der Waals surface area contributed by atoms with Crippen LogP contribution in [0.4, 0.5) is 15.9 Å². The minimum atomic E-state index is -0.386. The predicted molar refractivity (Wildman–Crippen MR) is 143 cm³/mol. The van der Waals surface area contributed by atoms with E-state index < -0.39 is 0 Å². The van der Waals surface area contributed by atoms with Crippen molar-refractivity contribution in [1.82, 2.24) is 14.9 Å². The van der Waals surface area contributed by atoms with Gasteiger partial charge in [-0.3, -0.25) is 9.69 Å². The van der Waals surface area contributed by atoms with Crippen LogP contribution < -0.4 is 10.2 Å². The molecule has 0 atom stereocenters. The quantitative estimate of drug-likeness (QED) is 0.248. The summed E-state index contributed by atoms with van der Waals surface area (Å²) in [5.74, 6) is 1.53. The Balaban J connectivity index is 1.15. The summed E-state index contributed by atoms with van der Waals surface area (Å²) in [5.41, 5.74) is 2.75. The van der Waals surface area contributed by atoms with Crippen molar-refractivity contribution < 1.29 is 13.6 Å². The Hall–Kier alpha value is -3.69. The van der Waals surface area contributed by atoms with Gasteiger partial charge in [0.15, 0.2) is 10.9 Å². The molecule has 4 aromatic rings. The second-order valence-corrected chi connectivity index (χ2v) is 9.86. The number of anilines is 2. The fourth-order valence-corrected chi connectivity index (χ4v) is 4.96. The van der Waals surface area contributed by atoms with Crippen molar-refractivity contribution in [2.45, 2.75) is 24.4 Å². The molecule has 0 saturated carbocycles. The van der Waals surface area contributed by atoms with E-state index >= 15 is 0 Å². The van der Waals surface area contributed by atoms with Gasteiger partial charge in [-0.1, -0.05) is 42.1 Å². The summed E-state index contributed by atoms with van der Waals surface area (Å²) in [6.07, 6.45) is 0. The van der Waals surface area contributed by atoms with Crippen molar-refractivity contribution in [2.75, 3.05) is 36.4 Å². The van der Waals surface area contributed by atoms with Crippen LogP contribution in [0.15, 0.2) is 82.4 Å². The molecular formula is C28H28FN5O2S. The molecule has 0 spiro atoms. The summed E-state index contributed by atoms with van der Waals surface area (Å²) in [6, 6.07) is 21.6. The molecule has 2 aromatic heterocycles. The molecule has 1 aliphatic rings. The lowest BCUT2D eigenvalue weighted by atomic mass is 10.2. The SMILES string of the molecule is Cc1cc(N2CCN(Cc3ccccc3)CC2)nc(SCc2ccc(C(=O)Nc3ccc(F)cc3)o2)n1. The molecule has 1 N–H and O–H groups in total. The van der Waals surface area contributed by atoms with Crippen LogP contribution in [-0.4, -0.2) is 47.0 Å². The molecule has 1 aliphatic heterocycles. The Labute approximate surface area is 219 Å². The number of aryl methyl sites for hydroxylation is 1. The topological polar surface area (TPSA) is 74.5 Å². The van der Waals surface area contributed by atoms with Gasteiger partial charge in [0.1, 0.15) is 17.4 Å². The number of aromatic nitrogens is 2. The van der Waals surface area contributed by atoms with E-state index in [9.17, 15) is 9.18 Å². The van der Waals surface area contributed by atoms with E-state index in [2.05, 4.69) is 44.4 Å². The third kappa shape index (κ3) is 6.75. The maximum Gasteiger partial charge on any atom is 0.291 e. The van der Waals surface area contributed by atoms with Crippen molar-refractivity contribution in [3.8, 4) is 0 Å². The van der Waals surface area contributed by atoms with Gasteiger partial charge in [0, 0.05) is 50.2 Å². The van der Waals surface area contributed by atoms with Crippen LogP contribution >= 0.6 is 11.8 Å². The zero-order chi connectivity index (χ0) is 25.6. The largest absolute Gasteiger partial charge is 0.455 e. The number of hydrogen-bond acceptors (Lipinski definition) is 7. The molecule has 3 heterocycles. The highest BCUT2D eigenvalue weighted by atomic mass is 32.2. The second kappa shape index (κ2) is 11.6. The van der Waals surface area contributed by atoms with Gasteiger partial charge in [0.05, 0.1) is 5.75 Å². The summed E-state index contributed by atoms with van der Waals surface area (Å²) in [4.78, 5) is 26.6. The zero-order valence-corrected chi connectivity index (χ0v) is 21.4. The van der Waals surface area contributed by atoms with E-state index in [1.54, 1.807) is 12.1 Å². The molecule has 2 aromatic carbocycles. The van der Waals surface area contributed by atoms with Crippen molar-refractivity contribution in [3.05, 3.63) is 101 Å². The molecule has 0 bridgehead atoms. The van der Waals surface area contributed by atoms with Gasteiger partial charge in [-0.15, -0.1) is 0 Å².